The van der Waals surface area contributed by atoms with Crippen molar-refractivity contribution in [2.45, 2.75) is 13.8 Å². The molecule has 18 heavy (non-hydrogen) atoms. The first kappa shape index (κ1) is 12.2. The summed E-state index contributed by atoms with van der Waals surface area (Å²) in [6, 6.07) is 7.14. The lowest BCUT2D eigenvalue weighted by atomic mass is 10.2. The fourth-order valence-electron chi connectivity index (χ4n) is 1.50. The zero-order valence-corrected chi connectivity index (χ0v) is 10.3. The number of anilines is 1. The Kier molecular flexibility index (Phi) is 3.62. The van der Waals surface area contributed by atoms with Crippen LogP contribution in [0.25, 0.3) is 0 Å². The second-order valence-corrected chi connectivity index (χ2v) is 3.75. The Morgan fingerprint density at radius 1 is 1.39 bits per heavy atom. The van der Waals surface area contributed by atoms with Crippen molar-refractivity contribution in [2.24, 2.45) is 0 Å². The third-order valence-corrected chi connectivity index (χ3v) is 2.38. The minimum absolute atomic E-state index is 0.226. The number of aromatic nitrogens is 1. The van der Waals surface area contributed by atoms with Gasteiger partial charge in [-0.1, -0.05) is 5.16 Å². The van der Waals surface area contributed by atoms with E-state index in [1.807, 2.05) is 6.92 Å². The van der Waals surface area contributed by atoms with Crippen LogP contribution in [0.2, 0.25) is 0 Å². The topological polar surface area (TPSA) is 64.4 Å². The summed E-state index contributed by atoms with van der Waals surface area (Å²) in [4.78, 5) is 11.8. The van der Waals surface area contributed by atoms with Crippen LogP contribution in [-0.2, 0) is 0 Å². The van der Waals surface area contributed by atoms with Gasteiger partial charge in [-0.3, -0.25) is 4.79 Å². The quantitative estimate of drug-likeness (QED) is 0.900. The van der Waals surface area contributed by atoms with Crippen LogP contribution in [0, 0.1) is 6.92 Å². The first-order chi connectivity index (χ1) is 8.70. The van der Waals surface area contributed by atoms with Crippen molar-refractivity contribution in [1.82, 2.24) is 5.16 Å². The summed E-state index contributed by atoms with van der Waals surface area (Å²) in [5.41, 5.74) is 1.39. The second-order valence-electron chi connectivity index (χ2n) is 3.75. The van der Waals surface area contributed by atoms with Gasteiger partial charge < -0.3 is 14.6 Å². The van der Waals surface area contributed by atoms with Gasteiger partial charge in [0.25, 0.3) is 5.91 Å². The van der Waals surface area contributed by atoms with Crippen molar-refractivity contribution in [2.75, 3.05) is 11.9 Å². The summed E-state index contributed by atoms with van der Waals surface area (Å²) in [6.07, 6.45) is 1.51. The predicted octanol–water partition coefficient (Wildman–Crippen LogP) is 2.63. The summed E-state index contributed by atoms with van der Waals surface area (Å²) in [5.74, 6) is 0.685. The van der Waals surface area contributed by atoms with Gasteiger partial charge in [0.1, 0.15) is 5.75 Å². The summed E-state index contributed by atoms with van der Waals surface area (Å²) < 4.78 is 10.2. The number of aryl methyl sites for hydroxylation is 1. The normalized spacial score (nSPS) is 10.1. The molecule has 1 heterocycles. The van der Waals surface area contributed by atoms with Crippen LogP contribution in [0.4, 0.5) is 5.69 Å². The zero-order chi connectivity index (χ0) is 13.0. The minimum atomic E-state index is -0.311. The molecular formula is C13H14N2O3. The van der Waals surface area contributed by atoms with Crippen molar-refractivity contribution in [1.29, 1.82) is 0 Å². The number of hydrogen-bond donors (Lipinski definition) is 1. The zero-order valence-electron chi connectivity index (χ0n) is 10.3. The fraction of sp³-hybridized carbons (Fsp3) is 0.231. The highest BCUT2D eigenvalue weighted by Crippen LogP contribution is 2.17. The largest absolute Gasteiger partial charge is 0.494 e. The molecule has 0 fully saturated rings. The highest BCUT2D eigenvalue weighted by molar-refractivity contribution is 6.03. The van der Waals surface area contributed by atoms with Gasteiger partial charge in [-0.2, -0.15) is 0 Å². The van der Waals surface area contributed by atoms with E-state index in [1.165, 1.54) is 6.20 Å². The molecule has 0 aliphatic rings. The van der Waals surface area contributed by atoms with Gasteiger partial charge in [-0.15, -0.1) is 0 Å². The molecule has 5 heteroatoms. The molecule has 5 nitrogen and oxygen atoms in total. The summed E-state index contributed by atoms with van der Waals surface area (Å²) in [6.45, 7) is 4.30. The Bertz CT molecular complexity index is 531. The number of carbonyl (C=O) groups is 1. The van der Waals surface area contributed by atoms with E-state index in [1.54, 1.807) is 31.2 Å². The molecule has 1 aromatic heterocycles. The Morgan fingerprint density at radius 3 is 2.67 bits per heavy atom. The minimum Gasteiger partial charge on any atom is -0.494 e. The number of amides is 1. The van der Waals surface area contributed by atoms with E-state index in [4.69, 9.17) is 9.26 Å². The van der Waals surface area contributed by atoms with E-state index in [0.29, 0.717) is 17.9 Å². The lowest BCUT2D eigenvalue weighted by Gasteiger charge is -2.05. The van der Waals surface area contributed by atoms with Gasteiger partial charge in [0, 0.05) is 11.3 Å². The van der Waals surface area contributed by atoms with Crippen LogP contribution >= 0.6 is 0 Å². The molecule has 0 bridgehead atoms. The Morgan fingerprint density at radius 2 is 2.11 bits per heavy atom. The molecule has 0 saturated heterocycles. The molecule has 94 valence electrons. The molecule has 2 rings (SSSR count). The van der Waals surface area contributed by atoms with Crippen molar-refractivity contribution >= 4 is 11.6 Å². The molecule has 0 aliphatic carbocycles. The smallest absolute Gasteiger partial charge is 0.294 e. The van der Waals surface area contributed by atoms with Crippen LogP contribution < -0.4 is 10.1 Å². The number of ether oxygens (including phenoxy) is 1. The van der Waals surface area contributed by atoms with Crippen molar-refractivity contribution in [3.63, 3.8) is 0 Å². The van der Waals surface area contributed by atoms with Crippen LogP contribution in [0.3, 0.4) is 0 Å². The summed E-state index contributed by atoms with van der Waals surface area (Å²) in [5, 5.41) is 6.29. The standard InChI is InChI=1S/C13H14N2O3/c1-3-17-11-6-4-10(5-7-11)15-13(16)12-9(2)8-14-18-12/h4-8H,3H2,1-2H3,(H,15,16). The third-order valence-electron chi connectivity index (χ3n) is 2.38. The van der Waals surface area contributed by atoms with Gasteiger partial charge in [-0.25, -0.2) is 0 Å². The van der Waals surface area contributed by atoms with E-state index in [0.717, 1.165) is 5.75 Å². The molecule has 0 aliphatic heterocycles. The van der Waals surface area contributed by atoms with Crippen molar-refractivity contribution in [3.05, 3.63) is 41.8 Å². The first-order valence-corrected chi connectivity index (χ1v) is 5.66. The molecule has 1 aromatic carbocycles. The van der Waals surface area contributed by atoms with Gasteiger partial charge in [-0.05, 0) is 38.1 Å². The maximum atomic E-state index is 11.8. The van der Waals surface area contributed by atoms with E-state index >= 15 is 0 Å². The number of rotatable bonds is 4. The summed E-state index contributed by atoms with van der Waals surface area (Å²) in [7, 11) is 0. The monoisotopic (exact) mass is 246 g/mol. The van der Waals surface area contributed by atoms with Crippen molar-refractivity contribution < 1.29 is 14.1 Å². The van der Waals surface area contributed by atoms with Gasteiger partial charge in [0.05, 0.1) is 12.8 Å². The maximum Gasteiger partial charge on any atom is 0.294 e. The average Bonchev–Trinajstić information content (AvgIpc) is 2.78. The van der Waals surface area contributed by atoms with Crippen LogP contribution in [0.15, 0.2) is 35.0 Å². The molecule has 0 unspecified atom stereocenters. The molecule has 0 spiro atoms. The number of hydrogen-bond acceptors (Lipinski definition) is 4. The van der Waals surface area contributed by atoms with Crippen molar-refractivity contribution in [3.8, 4) is 5.75 Å². The summed E-state index contributed by atoms with van der Waals surface area (Å²) >= 11 is 0. The lowest BCUT2D eigenvalue weighted by molar-refractivity contribution is 0.0987. The molecule has 1 N–H and O–H groups in total. The van der Waals surface area contributed by atoms with E-state index in [9.17, 15) is 4.79 Å². The van der Waals surface area contributed by atoms with Crippen LogP contribution in [0.1, 0.15) is 23.0 Å². The Hall–Kier alpha value is -2.30. The molecule has 0 saturated carbocycles. The molecular weight excluding hydrogens is 232 g/mol. The molecule has 0 atom stereocenters. The third kappa shape index (κ3) is 2.68. The van der Waals surface area contributed by atoms with E-state index < -0.39 is 0 Å². The van der Waals surface area contributed by atoms with E-state index in [-0.39, 0.29) is 11.7 Å². The SMILES string of the molecule is CCOc1ccc(NC(=O)c2oncc2C)cc1. The number of nitrogens with zero attached hydrogens (tertiary/aromatic N) is 1. The Labute approximate surface area is 105 Å². The predicted molar refractivity (Wildman–Crippen MR) is 66.8 cm³/mol. The molecule has 1 amide bonds. The van der Waals surface area contributed by atoms with Gasteiger partial charge >= 0.3 is 0 Å². The van der Waals surface area contributed by atoms with Crippen LogP contribution in [0.5, 0.6) is 5.75 Å². The fourth-order valence-corrected chi connectivity index (χ4v) is 1.50. The Balaban J connectivity index is 2.05. The average molecular weight is 246 g/mol. The van der Waals surface area contributed by atoms with Gasteiger partial charge in [0.2, 0.25) is 5.76 Å². The lowest BCUT2D eigenvalue weighted by Crippen LogP contribution is -2.12. The first-order valence-electron chi connectivity index (χ1n) is 5.66. The van der Waals surface area contributed by atoms with E-state index in [2.05, 4.69) is 10.5 Å². The molecule has 0 radical (unpaired) electrons. The number of carbonyl (C=O) groups excluding carboxylic acids is 1. The highest BCUT2D eigenvalue weighted by atomic mass is 16.5. The second kappa shape index (κ2) is 5.35. The number of nitrogens with one attached hydrogen (secondary N) is 1. The number of benzene rings is 1. The highest BCUT2D eigenvalue weighted by Gasteiger charge is 2.13. The molecule has 2 aromatic rings. The maximum absolute atomic E-state index is 11.8. The van der Waals surface area contributed by atoms with Gasteiger partial charge in [0.15, 0.2) is 0 Å². The van der Waals surface area contributed by atoms with Crippen LogP contribution in [-0.4, -0.2) is 17.7 Å².